The zero-order valence-corrected chi connectivity index (χ0v) is 13.3. The molecule has 0 spiro atoms. The summed E-state index contributed by atoms with van der Waals surface area (Å²) in [6, 6.07) is 5.63. The summed E-state index contributed by atoms with van der Waals surface area (Å²) < 4.78 is 27.2. The van der Waals surface area contributed by atoms with Gasteiger partial charge in [-0.15, -0.1) is 0 Å². The van der Waals surface area contributed by atoms with Crippen LogP contribution in [0.3, 0.4) is 0 Å². The van der Waals surface area contributed by atoms with Crippen molar-refractivity contribution in [2.45, 2.75) is 50.6 Å². The maximum atomic E-state index is 12.8. The lowest BCUT2D eigenvalue weighted by Gasteiger charge is -2.27. The van der Waals surface area contributed by atoms with E-state index < -0.39 is 10.0 Å². The van der Waals surface area contributed by atoms with Gasteiger partial charge in [0, 0.05) is 19.6 Å². The molecule has 1 heterocycles. The number of fused-ring (bicyclic) bond motifs is 1. The maximum Gasteiger partial charge on any atom is 0.243 e. The fourth-order valence-electron chi connectivity index (χ4n) is 2.73. The molecule has 1 unspecified atom stereocenters. The average molecular weight is 296 g/mol. The van der Waals surface area contributed by atoms with Gasteiger partial charge in [-0.3, -0.25) is 0 Å². The molecule has 0 aromatic heterocycles. The Morgan fingerprint density at radius 1 is 1.40 bits per heavy atom. The van der Waals surface area contributed by atoms with Crippen LogP contribution in [0.15, 0.2) is 23.1 Å². The van der Waals surface area contributed by atoms with Gasteiger partial charge in [-0.1, -0.05) is 25.5 Å². The summed E-state index contributed by atoms with van der Waals surface area (Å²) in [5, 5.41) is 3.28. The maximum absolute atomic E-state index is 12.8. The van der Waals surface area contributed by atoms with E-state index in [0.29, 0.717) is 4.90 Å². The summed E-state index contributed by atoms with van der Waals surface area (Å²) in [6.45, 7) is 5.64. The highest BCUT2D eigenvalue weighted by Crippen LogP contribution is 2.26. The van der Waals surface area contributed by atoms with Crippen LogP contribution in [0.25, 0.3) is 0 Å². The van der Waals surface area contributed by atoms with E-state index in [-0.39, 0.29) is 6.04 Å². The number of hydrogen-bond donors (Lipinski definition) is 1. The molecule has 1 aromatic carbocycles. The van der Waals surface area contributed by atoms with Crippen LogP contribution in [-0.2, 0) is 23.0 Å². The SMILES string of the molecule is CCCC(C)N(C)S(=O)(=O)c1cccc2c1CCNC2. The van der Waals surface area contributed by atoms with E-state index >= 15 is 0 Å². The Hall–Kier alpha value is -0.910. The van der Waals surface area contributed by atoms with Crippen molar-refractivity contribution in [2.75, 3.05) is 13.6 Å². The van der Waals surface area contributed by atoms with Gasteiger partial charge in [-0.25, -0.2) is 8.42 Å². The third-order valence-corrected chi connectivity index (χ3v) is 6.14. The van der Waals surface area contributed by atoms with E-state index in [4.69, 9.17) is 0 Å². The molecular formula is C15H24N2O2S. The zero-order valence-electron chi connectivity index (χ0n) is 12.5. The monoisotopic (exact) mass is 296 g/mol. The Morgan fingerprint density at radius 2 is 2.15 bits per heavy atom. The van der Waals surface area contributed by atoms with Gasteiger partial charge in [-0.05, 0) is 43.5 Å². The summed E-state index contributed by atoms with van der Waals surface area (Å²) in [4.78, 5) is 0.488. The van der Waals surface area contributed by atoms with Gasteiger partial charge in [0.25, 0.3) is 0 Å². The fourth-order valence-corrected chi connectivity index (χ4v) is 4.41. The second-order valence-electron chi connectivity index (χ2n) is 5.48. The van der Waals surface area contributed by atoms with Crippen molar-refractivity contribution in [1.29, 1.82) is 0 Å². The van der Waals surface area contributed by atoms with E-state index in [1.54, 1.807) is 13.1 Å². The molecule has 0 fully saturated rings. The number of nitrogens with one attached hydrogen (secondary N) is 1. The first kappa shape index (κ1) is 15.5. The molecule has 0 saturated carbocycles. The zero-order chi connectivity index (χ0) is 14.8. The highest BCUT2D eigenvalue weighted by molar-refractivity contribution is 7.89. The van der Waals surface area contributed by atoms with Crippen molar-refractivity contribution >= 4 is 10.0 Å². The van der Waals surface area contributed by atoms with Crippen LogP contribution in [0.2, 0.25) is 0 Å². The van der Waals surface area contributed by atoms with Crippen molar-refractivity contribution in [3.63, 3.8) is 0 Å². The largest absolute Gasteiger partial charge is 0.312 e. The molecule has 1 aliphatic rings. The smallest absolute Gasteiger partial charge is 0.243 e. The summed E-state index contributed by atoms with van der Waals surface area (Å²) in [7, 11) is -1.71. The second kappa shape index (κ2) is 6.24. The van der Waals surface area contributed by atoms with Crippen molar-refractivity contribution in [1.82, 2.24) is 9.62 Å². The predicted molar refractivity (Wildman–Crippen MR) is 81.2 cm³/mol. The van der Waals surface area contributed by atoms with Crippen LogP contribution in [0.4, 0.5) is 0 Å². The molecule has 0 amide bonds. The van der Waals surface area contributed by atoms with Crippen LogP contribution in [0, 0.1) is 0 Å². The van der Waals surface area contributed by atoms with Gasteiger partial charge < -0.3 is 5.32 Å². The number of rotatable bonds is 5. The molecular weight excluding hydrogens is 272 g/mol. The first-order valence-electron chi connectivity index (χ1n) is 7.28. The Bertz CT molecular complexity index is 569. The lowest BCUT2D eigenvalue weighted by Crippen LogP contribution is -2.36. The molecule has 0 bridgehead atoms. The van der Waals surface area contributed by atoms with E-state index in [1.807, 2.05) is 19.1 Å². The highest BCUT2D eigenvalue weighted by atomic mass is 32.2. The van der Waals surface area contributed by atoms with Gasteiger partial charge in [0.15, 0.2) is 0 Å². The quantitative estimate of drug-likeness (QED) is 0.905. The normalized spacial score (nSPS) is 17.0. The number of hydrogen-bond acceptors (Lipinski definition) is 3. The van der Waals surface area contributed by atoms with E-state index in [1.165, 1.54) is 4.31 Å². The standard InChI is InChI=1S/C15H24N2O2S/c1-4-6-12(2)17(3)20(18,19)15-8-5-7-13-11-16-10-9-14(13)15/h5,7-8,12,16H,4,6,9-11H2,1-3H3. The third kappa shape index (κ3) is 2.90. The minimum absolute atomic E-state index is 0.0302. The van der Waals surface area contributed by atoms with Gasteiger partial charge in [0.2, 0.25) is 10.0 Å². The summed E-state index contributed by atoms with van der Waals surface area (Å²) >= 11 is 0. The van der Waals surface area contributed by atoms with Crippen molar-refractivity contribution < 1.29 is 8.42 Å². The number of nitrogens with zero attached hydrogens (tertiary/aromatic N) is 1. The minimum Gasteiger partial charge on any atom is -0.312 e. The van der Waals surface area contributed by atoms with Crippen LogP contribution < -0.4 is 5.32 Å². The molecule has 2 rings (SSSR count). The van der Waals surface area contributed by atoms with Crippen LogP contribution in [0.5, 0.6) is 0 Å². The Kier molecular flexibility index (Phi) is 4.83. The second-order valence-corrected chi connectivity index (χ2v) is 7.45. The first-order valence-corrected chi connectivity index (χ1v) is 8.72. The van der Waals surface area contributed by atoms with Crippen molar-refractivity contribution in [3.05, 3.63) is 29.3 Å². The molecule has 4 nitrogen and oxygen atoms in total. The van der Waals surface area contributed by atoms with Gasteiger partial charge in [0.1, 0.15) is 0 Å². The molecule has 5 heteroatoms. The third-order valence-electron chi connectivity index (χ3n) is 4.08. The lowest BCUT2D eigenvalue weighted by atomic mass is 10.0. The molecule has 1 aromatic rings. The molecule has 1 aliphatic heterocycles. The Morgan fingerprint density at radius 3 is 2.85 bits per heavy atom. The van der Waals surface area contributed by atoms with Gasteiger partial charge in [0.05, 0.1) is 4.90 Å². The minimum atomic E-state index is -3.40. The molecule has 1 atom stereocenters. The molecule has 1 N–H and O–H groups in total. The van der Waals surface area contributed by atoms with E-state index in [0.717, 1.165) is 43.5 Å². The van der Waals surface area contributed by atoms with Crippen LogP contribution in [-0.4, -0.2) is 32.4 Å². The molecule has 0 radical (unpaired) electrons. The first-order chi connectivity index (χ1) is 9.48. The topological polar surface area (TPSA) is 49.4 Å². The summed E-state index contributed by atoms with van der Waals surface area (Å²) in [5.74, 6) is 0. The molecule has 112 valence electrons. The van der Waals surface area contributed by atoms with E-state index in [9.17, 15) is 8.42 Å². The predicted octanol–water partition coefficient (Wildman–Crippen LogP) is 2.14. The fraction of sp³-hybridized carbons (Fsp3) is 0.600. The number of benzene rings is 1. The van der Waals surface area contributed by atoms with Gasteiger partial charge >= 0.3 is 0 Å². The Balaban J connectivity index is 2.39. The van der Waals surface area contributed by atoms with Gasteiger partial charge in [-0.2, -0.15) is 4.31 Å². The highest BCUT2D eigenvalue weighted by Gasteiger charge is 2.28. The number of sulfonamides is 1. The molecule has 20 heavy (non-hydrogen) atoms. The van der Waals surface area contributed by atoms with Crippen LogP contribution in [0.1, 0.15) is 37.8 Å². The van der Waals surface area contributed by atoms with Crippen molar-refractivity contribution in [2.24, 2.45) is 0 Å². The molecule has 0 saturated heterocycles. The summed E-state index contributed by atoms with van der Waals surface area (Å²) in [5.41, 5.74) is 2.09. The Labute approximate surface area is 122 Å². The van der Waals surface area contributed by atoms with Crippen molar-refractivity contribution in [3.8, 4) is 0 Å². The lowest BCUT2D eigenvalue weighted by molar-refractivity contribution is 0.368. The van der Waals surface area contributed by atoms with E-state index in [2.05, 4.69) is 12.2 Å². The van der Waals surface area contributed by atoms with Crippen LogP contribution >= 0.6 is 0 Å². The summed E-state index contributed by atoms with van der Waals surface area (Å²) in [6.07, 6.45) is 2.64. The molecule has 0 aliphatic carbocycles. The average Bonchev–Trinajstić information content (AvgIpc) is 2.46.